The van der Waals surface area contributed by atoms with E-state index in [1.165, 1.54) is 12.5 Å². The Bertz CT molecular complexity index is 1030. The molecule has 0 unspecified atom stereocenters. The molecule has 1 aliphatic rings. The van der Waals surface area contributed by atoms with E-state index in [0.29, 0.717) is 17.9 Å². The number of aromatic nitrogens is 1. The summed E-state index contributed by atoms with van der Waals surface area (Å²) in [7, 11) is 1.70. The molecule has 10 nitrogen and oxygen atoms in total. The van der Waals surface area contributed by atoms with Crippen molar-refractivity contribution < 1.29 is 65.2 Å². The summed E-state index contributed by atoms with van der Waals surface area (Å²) in [6.45, 7) is 3.37. The molecule has 0 fully saturated rings. The number of rotatable bonds is 5. The van der Waals surface area contributed by atoms with Gasteiger partial charge in [-0.1, -0.05) is 0 Å². The van der Waals surface area contributed by atoms with E-state index in [9.17, 15) is 36.2 Å². The van der Waals surface area contributed by atoms with Crippen molar-refractivity contribution in [1.29, 1.82) is 0 Å². The molecule has 16 heteroatoms. The lowest BCUT2D eigenvalue weighted by Gasteiger charge is -2.18. The summed E-state index contributed by atoms with van der Waals surface area (Å²) in [5, 5.41) is 23.8. The summed E-state index contributed by atoms with van der Waals surface area (Å²) >= 11 is 0. The summed E-state index contributed by atoms with van der Waals surface area (Å²) in [5.74, 6) is -6.48. The highest BCUT2D eigenvalue weighted by Crippen LogP contribution is 2.26. The third-order valence-corrected chi connectivity index (χ3v) is 4.67. The molecule has 0 saturated carbocycles. The maximum Gasteiger partial charge on any atom is 0.490 e. The second kappa shape index (κ2) is 13.6. The highest BCUT2D eigenvalue weighted by atomic mass is 19.4. The van der Waals surface area contributed by atoms with E-state index in [-0.39, 0.29) is 5.56 Å². The Balaban J connectivity index is 0.000000404. The van der Waals surface area contributed by atoms with Gasteiger partial charge in [-0.25, -0.2) is 14.4 Å². The van der Waals surface area contributed by atoms with E-state index in [1.807, 2.05) is 0 Å². The van der Waals surface area contributed by atoms with Gasteiger partial charge in [-0.3, -0.25) is 4.98 Å². The van der Waals surface area contributed by atoms with Gasteiger partial charge in [0, 0.05) is 44.4 Å². The molecule has 206 valence electrons. The monoisotopic (exact) mass is 544 g/mol. The first-order valence-electron chi connectivity index (χ1n) is 10.2. The third kappa shape index (κ3) is 10.5. The van der Waals surface area contributed by atoms with E-state index in [1.54, 1.807) is 19.2 Å². The molecule has 3 N–H and O–H groups in total. The summed E-state index contributed by atoms with van der Waals surface area (Å²) < 4.78 is 73.7. The largest absolute Gasteiger partial charge is 0.490 e. The van der Waals surface area contributed by atoms with E-state index in [0.717, 1.165) is 43.7 Å². The number of hydrogen-bond acceptors (Lipinski definition) is 7. The first-order chi connectivity index (χ1) is 17.1. The number of aliphatic carboxylic acids is 2. The number of pyridine rings is 1. The number of carboxylic acids is 3. The first-order valence-corrected chi connectivity index (χ1v) is 10.2. The van der Waals surface area contributed by atoms with Crippen molar-refractivity contribution in [2.24, 2.45) is 0 Å². The molecule has 2 aromatic rings. The second-order valence-electron chi connectivity index (χ2n) is 7.25. The van der Waals surface area contributed by atoms with E-state index in [2.05, 4.69) is 9.88 Å². The van der Waals surface area contributed by atoms with Crippen LogP contribution in [0.1, 0.15) is 21.6 Å². The Labute approximate surface area is 205 Å². The average Bonchev–Trinajstić information content (AvgIpc) is 3.25. The molecular formula is C21H22F6N2O8. The minimum atomic E-state index is -5.08. The molecule has 0 aromatic carbocycles. The number of furan rings is 1. The lowest BCUT2D eigenvalue weighted by atomic mass is 10.0. The summed E-state index contributed by atoms with van der Waals surface area (Å²) in [6, 6.07) is 3.51. The van der Waals surface area contributed by atoms with Crippen LogP contribution >= 0.6 is 0 Å². The molecule has 0 bridgehead atoms. The van der Waals surface area contributed by atoms with Crippen molar-refractivity contribution in [1.82, 2.24) is 9.88 Å². The molecule has 3 rings (SSSR count). The molecule has 3 heterocycles. The molecule has 0 aliphatic carbocycles. The maximum atomic E-state index is 11.6. The van der Waals surface area contributed by atoms with Crippen molar-refractivity contribution in [3.8, 4) is 11.3 Å². The van der Waals surface area contributed by atoms with Crippen molar-refractivity contribution in [2.75, 3.05) is 33.4 Å². The second-order valence-corrected chi connectivity index (χ2v) is 7.25. The zero-order chi connectivity index (χ0) is 28.4. The summed E-state index contributed by atoms with van der Waals surface area (Å²) in [5.41, 5.74) is 3.41. The molecule has 0 amide bonds. The van der Waals surface area contributed by atoms with E-state index < -0.39 is 30.3 Å². The summed E-state index contributed by atoms with van der Waals surface area (Å²) in [4.78, 5) is 36.4. The molecule has 0 saturated heterocycles. The maximum absolute atomic E-state index is 11.6. The first kappa shape index (κ1) is 31.4. The van der Waals surface area contributed by atoms with Crippen molar-refractivity contribution in [2.45, 2.75) is 25.2 Å². The van der Waals surface area contributed by atoms with Gasteiger partial charge in [-0.05, 0) is 24.1 Å². The van der Waals surface area contributed by atoms with Crippen LogP contribution in [0.25, 0.3) is 11.3 Å². The molecule has 1 aliphatic heterocycles. The number of hydrogen-bond donors (Lipinski definition) is 3. The number of aromatic carboxylic acids is 1. The molecule has 0 spiro atoms. The van der Waals surface area contributed by atoms with Crippen LogP contribution in [0.4, 0.5) is 26.3 Å². The third-order valence-electron chi connectivity index (χ3n) is 4.67. The Hall–Kier alpha value is -3.66. The normalized spacial score (nSPS) is 13.7. The predicted molar refractivity (Wildman–Crippen MR) is 112 cm³/mol. The topological polar surface area (TPSA) is 150 Å². The predicted octanol–water partition coefficient (Wildman–Crippen LogP) is 3.35. The quantitative estimate of drug-likeness (QED) is 0.478. The SMILES string of the molecule is COCCN1CCc2cc(C(=O)O)c(-c3ccoc3)nc2CC1.O=C(O)C(F)(F)F.O=C(O)C(F)(F)F. The van der Waals surface area contributed by atoms with Gasteiger partial charge in [-0.15, -0.1) is 0 Å². The van der Waals surface area contributed by atoms with Crippen LogP contribution in [0.2, 0.25) is 0 Å². The van der Waals surface area contributed by atoms with Gasteiger partial charge in [0.15, 0.2) is 0 Å². The standard InChI is InChI=1S/C17H20N2O4.2C2HF3O2/c1-22-9-7-19-5-2-12-10-14(17(20)21)16(13-4-8-23-11-13)18-15(12)3-6-19;2*3-2(4,5)1(6)7/h4,8,10-11H,2-3,5-7,9H2,1H3,(H,20,21);2*(H,6,7). The minimum absolute atomic E-state index is 0.232. The van der Waals surface area contributed by atoms with Crippen LogP contribution in [0.15, 0.2) is 29.1 Å². The Morgan fingerprint density at radius 1 is 1.03 bits per heavy atom. The minimum Gasteiger partial charge on any atom is -0.478 e. The average molecular weight is 544 g/mol. The van der Waals surface area contributed by atoms with Crippen molar-refractivity contribution in [3.63, 3.8) is 0 Å². The lowest BCUT2D eigenvalue weighted by Crippen LogP contribution is -2.29. The van der Waals surface area contributed by atoms with Gasteiger partial charge in [0.2, 0.25) is 0 Å². The van der Waals surface area contributed by atoms with Gasteiger partial charge in [0.1, 0.15) is 0 Å². The Morgan fingerprint density at radius 3 is 2.00 bits per heavy atom. The van der Waals surface area contributed by atoms with Gasteiger partial charge < -0.3 is 29.4 Å². The van der Waals surface area contributed by atoms with Gasteiger partial charge in [-0.2, -0.15) is 26.3 Å². The van der Waals surface area contributed by atoms with Crippen molar-refractivity contribution in [3.05, 3.63) is 41.5 Å². The molecule has 0 atom stereocenters. The Morgan fingerprint density at radius 2 is 1.57 bits per heavy atom. The number of ether oxygens (including phenoxy) is 1. The van der Waals surface area contributed by atoms with Crippen LogP contribution in [0.5, 0.6) is 0 Å². The smallest absolute Gasteiger partial charge is 0.478 e. The lowest BCUT2D eigenvalue weighted by molar-refractivity contribution is -0.193. The molecule has 0 radical (unpaired) electrons. The fourth-order valence-corrected chi connectivity index (χ4v) is 2.91. The Kier molecular flexibility index (Phi) is 11.5. The number of methoxy groups -OCH3 is 1. The van der Waals surface area contributed by atoms with E-state index >= 15 is 0 Å². The number of halogens is 6. The van der Waals surface area contributed by atoms with Crippen LogP contribution in [-0.2, 0) is 27.2 Å². The van der Waals surface area contributed by atoms with Gasteiger partial charge in [0.25, 0.3) is 0 Å². The molecule has 2 aromatic heterocycles. The highest BCUT2D eigenvalue weighted by molar-refractivity contribution is 5.95. The van der Waals surface area contributed by atoms with E-state index in [4.69, 9.17) is 29.0 Å². The highest BCUT2D eigenvalue weighted by Gasteiger charge is 2.38. The van der Waals surface area contributed by atoms with Crippen LogP contribution in [0.3, 0.4) is 0 Å². The van der Waals surface area contributed by atoms with Gasteiger partial charge >= 0.3 is 30.3 Å². The number of carboxylic acid groups (broad SMARTS) is 3. The van der Waals surface area contributed by atoms with Crippen LogP contribution in [0, 0.1) is 0 Å². The fourth-order valence-electron chi connectivity index (χ4n) is 2.91. The van der Waals surface area contributed by atoms with Gasteiger partial charge in [0.05, 0.1) is 30.4 Å². The van der Waals surface area contributed by atoms with Crippen LogP contribution < -0.4 is 0 Å². The molecule has 37 heavy (non-hydrogen) atoms. The zero-order valence-electron chi connectivity index (χ0n) is 19.1. The molecular weight excluding hydrogens is 522 g/mol. The fraction of sp³-hybridized carbons (Fsp3) is 0.429. The number of fused-ring (bicyclic) bond motifs is 1. The van der Waals surface area contributed by atoms with Crippen LogP contribution in [-0.4, -0.2) is 88.8 Å². The number of carbonyl (C=O) groups is 3. The number of alkyl halides is 6. The summed E-state index contributed by atoms with van der Waals surface area (Å²) in [6.07, 6.45) is -5.49. The zero-order valence-corrected chi connectivity index (χ0v) is 19.1. The van der Waals surface area contributed by atoms with Crippen molar-refractivity contribution >= 4 is 17.9 Å². The number of nitrogens with zero attached hydrogens (tertiary/aromatic N) is 2.